The molecule has 1 heterocycles. The summed E-state index contributed by atoms with van der Waals surface area (Å²) in [5.41, 5.74) is 10.2. The Morgan fingerprint density at radius 3 is 2.23 bits per heavy atom. The van der Waals surface area contributed by atoms with Crippen molar-refractivity contribution in [1.29, 1.82) is 0 Å². The molecule has 1 saturated heterocycles. The van der Waals surface area contributed by atoms with Crippen LogP contribution in [0.25, 0.3) is 0 Å². The number of piperazine rings is 1. The van der Waals surface area contributed by atoms with Crippen LogP contribution in [-0.2, 0) is 0 Å². The summed E-state index contributed by atoms with van der Waals surface area (Å²) in [5, 5.41) is 0. The Morgan fingerprint density at radius 2 is 1.85 bits per heavy atom. The number of nitrogens with zero attached hydrogens (tertiary/aromatic N) is 2. The van der Waals surface area contributed by atoms with E-state index in [0.29, 0.717) is 19.6 Å². The second-order valence-electron chi connectivity index (χ2n) is 3.16. The summed E-state index contributed by atoms with van der Waals surface area (Å²) in [7, 11) is 0. The monoisotopic (exact) mass is 186 g/mol. The molecule has 1 aliphatic heterocycles. The van der Waals surface area contributed by atoms with Crippen LogP contribution >= 0.6 is 0 Å². The van der Waals surface area contributed by atoms with Crippen molar-refractivity contribution in [2.75, 3.05) is 19.6 Å². The molecule has 0 aliphatic carbocycles. The number of urea groups is 2. The fourth-order valence-corrected chi connectivity index (χ4v) is 1.49. The Hall–Kier alpha value is -1.46. The van der Waals surface area contributed by atoms with Gasteiger partial charge in [0.2, 0.25) is 0 Å². The summed E-state index contributed by atoms with van der Waals surface area (Å²) in [4.78, 5) is 24.7. The van der Waals surface area contributed by atoms with Gasteiger partial charge in [0.1, 0.15) is 0 Å². The molecule has 0 radical (unpaired) electrons. The molecule has 1 unspecified atom stereocenters. The topological polar surface area (TPSA) is 92.7 Å². The summed E-state index contributed by atoms with van der Waals surface area (Å²) in [6.07, 6.45) is 0. The highest BCUT2D eigenvalue weighted by atomic mass is 16.2. The zero-order chi connectivity index (χ0) is 10.0. The Morgan fingerprint density at radius 1 is 1.23 bits per heavy atom. The summed E-state index contributed by atoms with van der Waals surface area (Å²) in [5.74, 6) is 0. The first-order valence-corrected chi connectivity index (χ1v) is 4.13. The van der Waals surface area contributed by atoms with Crippen LogP contribution in [0.4, 0.5) is 9.59 Å². The van der Waals surface area contributed by atoms with Gasteiger partial charge in [-0.1, -0.05) is 0 Å². The zero-order valence-corrected chi connectivity index (χ0v) is 7.56. The van der Waals surface area contributed by atoms with E-state index in [1.54, 1.807) is 0 Å². The first-order chi connectivity index (χ1) is 6.02. The van der Waals surface area contributed by atoms with Crippen molar-refractivity contribution in [3.05, 3.63) is 0 Å². The van der Waals surface area contributed by atoms with E-state index < -0.39 is 12.1 Å². The quantitative estimate of drug-likeness (QED) is 0.515. The fraction of sp³-hybridized carbons (Fsp3) is 0.714. The molecule has 0 bridgehead atoms. The molecule has 4 N–H and O–H groups in total. The van der Waals surface area contributed by atoms with Crippen molar-refractivity contribution in [2.45, 2.75) is 13.0 Å². The normalized spacial score (nSPS) is 23.0. The molecule has 74 valence electrons. The minimum Gasteiger partial charge on any atom is -0.351 e. The largest absolute Gasteiger partial charge is 0.351 e. The van der Waals surface area contributed by atoms with Crippen molar-refractivity contribution in [2.24, 2.45) is 11.5 Å². The predicted octanol–water partition coefficient (Wildman–Crippen LogP) is -0.850. The second kappa shape index (κ2) is 3.51. The van der Waals surface area contributed by atoms with Crippen LogP contribution in [0.5, 0.6) is 0 Å². The van der Waals surface area contributed by atoms with E-state index in [2.05, 4.69) is 0 Å². The molecule has 1 aliphatic rings. The average molecular weight is 186 g/mol. The van der Waals surface area contributed by atoms with E-state index in [0.717, 1.165) is 0 Å². The van der Waals surface area contributed by atoms with Gasteiger partial charge in [-0.05, 0) is 6.92 Å². The summed E-state index contributed by atoms with van der Waals surface area (Å²) in [6.45, 7) is 3.21. The van der Waals surface area contributed by atoms with Gasteiger partial charge in [-0.2, -0.15) is 0 Å². The average Bonchev–Trinajstić information content (AvgIpc) is 2.03. The molecule has 1 fully saturated rings. The first-order valence-electron chi connectivity index (χ1n) is 4.13. The van der Waals surface area contributed by atoms with Crippen LogP contribution in [0.1, 0.15) is 6.92 Å². The summed E-state index contributed by atoms with van der Waals surface area (Å²) in [6, 6.07) is -0.952. The third-order valence-electron chi connectivity index (χ3n) is 2.22. The van der Waals surface area contributed by atoms with Crippen LogP contribution in [-0.4, -0.2) is 47.5 Å². The molecular formula is C7H14N4O2. The van der Waals surface area contributed by atoms with Crippen LogP contribution in [0.3, 0.4) is 0 Å². The molecular weight excluding hydrogens is 172 g/mol. The SMILES string of the molecule is CC1CN(C(N)=O)CCN1C(N)=O. The molecule has 1 rings (SSSR count). The lowest BCUT2D eigenvalue weighted by atomic mass is 10.2. The fourth-order valence-electron chi connectivity index (χ4n) is 1.49. The summed E-state index contributed by atoms with van der Waals surface area (Å²) >= 11 is 0. The van der Waals surface area contributed by atoms with Crippen molar-refractivity contribution >= 4 is 12.1 Å². The van der Waals surface area contributed by atoms with E-state index in [9.17, 15) is 9.59 Å². The molecule has 13 heavy (non-hydrogen) atoms. The van der Waals surface area contributed by atoms with Gasteiger partial charge >= 0.3 is 12.1 Å². The van der Waals surface area contributed by atoms with Crippen LogP contribution in [0.2, 0.25) is 0 Å². The van der Waals surface area contributed by atoms with Gasteiger partial charge in [0.25, 0.3) is 0 Å². The number of carbonyl (C=O) groups is 2. The maximum absolute atomic E-state index is 10.9. The second-order valence-corrected chi connectivity index (χ2v) is 3.16. The van der Waals surface area contributed by atoms with E-state index in [4.69, 9.17) is 11.5 Å². The Bertz CT molecular complexity index is 231. The third-order valence-corrected chi connectivity index (χ3v) is 2.22. The number of hydrogen-bond acceptors (Lipinski definition) is 2. The number of amides is 4. The van der Waals surface area contributed by atoms with Gasteiger partial charge in [0.05, 0.1) is 0 Å². The highest BCUT2D eigenvalue weighted by molar-refractivity contribution is 5.74. The lowest BCUT2D eigenvalue weighted by Gasteiger charge is -2.38. The lowest BCUT2D eigenvalue weighted by molar-refractivity contribution is 0.120. The number of hydrogen-bond donors (Lipinski definition) is 2. The molecule has 6 heteroatoms. The minimum atomic E-state index is -0.448. The molecule has 4 amide bonds. The van der Waals surface area contributed by atoms with E-state index in [-0.39, 0.29) is 6.04 Å². The Kier molecular flexibility index (Phi) is 2.60. The number of primary amides is 2. The highest BCUT2D eigenvalue weighted by Crippen LogP contribution is 2.08. The number of rotatable bonds is 0. The smallest absolute Gasteiger partial charge is 0.315 e. The van der Waals surface area contributed by atoms with Crippen molar-refractivity contribution in [1.82, 2.24) is 9.80 Å². The molecule has 6 nitrogen and oxygen atoms in total. The Balaban J connectivity index is 2.56. The van der Waals surface area contributed by atoms with Crippen LogP contribution in [0, 0.1) is 0 Å². The van der Waals surface area contributed by atoms with Crippen molar-refractivity contribution in [3.8, 4) is 0 Å². The predicted molar refractivity (Wildman–Crippen MR) is 46.9 cm³/mol. The standard InChI is InChI=1S/C7H14N4O2/c1-5-4-10(6(8)12)2-3-11(5)7(9)13/h5H,2-4H2,1H3,(H2,8,12)(H2,9,13). The van der Waals surface area contributed by atoms with E-state index in [1.165, 1.54) is 9.80 Å². The zero-order valence-electron chi connectivity index (χ0n) is 7.56. The molecule has 0 saturated carbocycles. The van der Waals surface area contributed by atoms with Gasteiger partial charge in [-0.15, -0.1) is 0 Å². The number of nitrogens with two attached hydrogens (primary N) is 2. The van der Waals surface area contributed by atoms with Crippen molar-refractivity contribution < 1.29 is 9.59 Å². The first kappa shape index (κ1) is 9.63. The van der Waals surface area contributed by atoms with Gasteiger partial charge in [-0.25, -0.2) is 9.59 Å². The van der Waals surface area contributed by atoms with Gasteiger partial charge in [0.15, 0.2) is 0 Å². The molecule has 0 aromatic carbocycles. The highest BCUT2D eigenvalue weighted by Gasteiger charge is 2.27. The minimum absolute atomic E-state index is 0.0567. The number of carbonyl (C=O) groups excluding carboxylic acids is 2. The molecule has 0 spiro atoms. The van der Waals surface area contributed by atoms with Crippen molar-refractivity contribution in [3.63, 3.8) is 0 Å². The Labute approximate surface area is 76.4 Å². The molecule has 0 aromatic rings. The van der Waals surface area contributed by atoms with Gasteiger partial charge in [-0.3, -0.25) is 0 Å². The third kappa shape index (κ3) is 2.01. The van der Waals surface area contributed by atoms with Gasteiger partial charge < -0.3 is 21.3 Å². The van der Waals surface area contributed by atoms with E-state index in [1.807, 2.05) is 6.92 Å². The maximum atomic E-state index is 10.9. The molecule has 0 aromatic heterocycles. The molecule has 1 atom stereocenters. The summed E-state index contributed by atoms with van der Waals surface area (Å²) < 4.78 is 0. The van der Waals surface area contributed by atoms with Crippen LogP contribution in [0.15, 0.2) is 0 Å². The van der Waals surface area contributed by atoms with Crippen LogP contribution < -0.4 is 11.5 Å². The van der Waals surface area contributed by atoms with E-state index >= 15 is 0 Å². The maximum Gasteiger partial charge on any atom is 0.315 e. The van der Waals surface area contributed by atoms with Gasteiger partial charge in [0, 0.05) is 25.7 Å². The lowest BCUT2D eigenvalue weighted by Crippen LogP contribution is -2.57.